The number of H-pyrrole nitrogens is 4. The topological polar surface area (TPSA) is 250 Å². The fraction of sp³-hybridized carbons (Fsp3) is 0.122. The van der Waals surface area contributed by atoms with Crippen LogP contribution in [0.5, 0.6) is 0 Å². The van der Waals surface area contributed by atoms with Gasteiger partial charge in [0.05, 0.1) is 29.2 Å². The van der Waals surface area contributed by atoms with E-state index < -0.39 is 15.7 Å². The van der Waals surface area contributed by atoms with Crippen molar-refractivity contribution in [3.05, 3.63) is 313 Å². The van der Waals surface area contributed by atoms with E-state index in [-0.39, 0.29) is 63.6 Å². The molecule has 0 saturated heterocycles. The van der Waals surface area contributed by atoms with E-state index in [1.807, 2.05) is 140 Å². The first-order valence-corrected chi connectivity index (χ1v) is 30.9. The molecule has 0 bridgehead atoms. The highest BCUT2D eigenvalue weighted by molar-refractivity contribution is 6.76. The molecule has 0 atom stereocenters. The standard InChI is InChI=1S/C22H17Cl3N2O3.C18H16N2O3.2C17H11NO2/c1-2-11-4-6-17-15(7-11)19(28)16-9-13-5-3-12(10-26-21(30)22(23,24)25)8-14(13)20(29)18(16)27-17;1-2-23-18(22)16-15(19-12-8-4-3-5-9-12)17(21)13-10-6-7-11-14(13)20-16;2*19-16-12-7-3-4-8-14(12)18-15-13(16)9-10-5-1-2-6-11(10)17(15)20/h3-8H,2,9-10H2,1H3,(H,26,30)(H,27,28);3-11,19H,2H2,1H3,(H,20,21);2*1-8H,9H2,(H,18,19). The molecule has 3 aliphatic rings. The van der Waals surface area contributed by atoms with Crippen LogP contribution in [-0.4, -0.2) is 59.6 Å². The molecule has 6 N–H and O–H groups in total. The van der Waals surface area contributed by atoms with E-state index in [4.69, 9.17) is 39.5 Å². The smallest absolute Gasteiger partial charge is 0.357 e. The monoisotopic (exact) mass is 1290 g/mol. The molecule has 19 heteroatoms. The lowest BCUT2D eigenvalue weighted by Crippen LogP contribution is -2.34. The number of fused-ring (bicyclic) bond motifs is 10. The maximum Gasteiger partial charge on any atom is 0.357 e. The maximum absolute atomic E-state index is 13.2. The van der Waals surface area contributed by atoms with E-state index in [1.165, 1.54) is 0 Å². The number of esters is 1. The number of carbonyl (C=O) groups is 5. The van der Waals surface area contributed by atoms with Crippen molar-refractivity contribution in [1.82, 2.24) is 25.3 Å². The Labute approximate surface area is 544 Å². The van der Waals surface area contributed by atoms with Crippen molar-refractivity contribution >= 4 is 119 Å². The van der Waals surface area contributed by atoms with Crippen LogP contribution in [0.2, 0.25) is 0 Å². The van der Waals surface area contributed by atoms with Crippen LogP contribution in [0.25, 0.3) is 43.6 Å². The van der Waals surface area contributed by atoms with Crippen molar-refractivity contribution < 1.29 is 28.7 Å². The van der Waals surface area contributed by atoms with Gasteiger partial charge < -0.3 is 35.3 Å². The first-order chi connectivity index (χ1) is 44.9. The number of hydrogen-bond donors (Lipinski definition) is 6. The van der Waals surface area contributed by atoms with Crippen LogP contribution in [0.15, 0.2) is 207 Å². The summed E-state index contributed by atoms with van der Waals surface area (Å²) in [5, 5.41) is 7.93. The van der Waals surface area contributed by atoms with Gasteiger partial charge in [0.25, 0.3) is 9.70 Å². The molecule has 1 amide bonds. The van der Waals surface area contributed by atoms with Gasteiger partial charge in [-0.2, -0.15) is 0 Å². The van der Waals surface area contributed by atoms with Crippen LogP contribution >= 0.6 is 34.8 Å². The number of para-hydroxylation sites is 4. The highest BCUT2D eigenvalue weighted by Gasteiger charge is 2.32. The average Bonchev–Trinajstić information content (AvgIpc) is 0.784. The first-order valence-electron chi connectivity index (χ1n) is 29.8. The zero-order valence-corrected chi connectivity index (χ0v) is 52.1. The number of aryl methyl sites for hydroxylation is 1. The SMILES string of the molecule is CCOC(=O)c1[nH]c2ccccc2c(=O)c1Nc1ccccc1.CCc1ccc2[nH]c3c(c(=O)c2c1)Cc1ccc(CNC(=O)C(Cl)(Cl)Cl)cc1C3=O.O=C1c2ccccc2Cc2c1[nH]c1ccccc1c2=O.O=C1c2ccccc2Cc2c1[nH]c1ccccc1c2=O. The zero-order chi connectivity index (χ0) is 65.2. The van der Waals surface area contributed by atoms with Crippen molar-refractivity contribution in [2.24, 2.45) is 0 Å². The third-order valence-electron chi connectivity index (χ3n) is 16.5. The number of carbonyl (C=O) groups excluding carboxylic acids is 5. The van der Waals surface area contributed by atoms with E-state index in [2.05, 4.69) is 30.6 Å². The van der Waals surface area contributed by atoms with Gasteiger partial charge in [-0.15, -0.1) is 0 Å². The molecule has 4 aromatic heterocycles. The van der Waals surface area contributed by atoms with E-state index >= 15 is 0 Å². The predicted molar refractivity (Wildman–Crippen MR) is 364 cm³/mol. The molecule has 0 radical (unpaired) electrons. The summed E-state index contributed by atoms with van der Waals surface area (Å²) < 4.78 is 3.01. The number of aromatic amines is 4. The predicted octanol–water partition coefficient (Wildman–Crippen LogP) is 13.0. The number of nitrogens with one attached hydrogen (secondary N) is 6. The van der Waals surface area contributed by atoms with Crippen molar-refractivity contribution in [2.45, 2.75) is 49.9 Å². The van der Waals surface area contributed by atoms with Gasteiger partial charge in [0.1, 0.15) is 5.69 Å². The fourth-order valence-electron chi connectivity index (χ4n) is 11.8. The Morgan fingerprint density at radius 1 is 0.452 bits per heavy atom. The molecule has 4 heterocycles. The molecule has 3 aliphatic carbocycles. The molecule has 8 aromatic carbocycles. The maximum atomic E-state index is 13.2. The molecule has 16 nitrogen and oxygen atoms in total. The van der Waals surface area contributed by atoms with Crippen LogP contribution in [0.4, 0.5) is 11.4 Å². The van der Waals surface area contributed by atoms with Gasteiger partial charge in [-0.05, 0) is 108 Å². The molecule has 12 aromatic rings. The number of aromatic nitrogens is 4. The second-order valence-corrected chi connectivity index (χ2v) is 24.5. The largest absolute Gasteiger partial charge is 0.461 e. The highest BCUT2D eigenvalue weighted by atomic mass is 35.6. The Kier molecular flexibility index (Phi) is 17.6. The normalized spacial score (nSPS) is 12.5. The first kappa shape index (κ1) is 62.4. The Hall–Kier alpha value is -10.8. The van der Waals surface area contributed by atoms with Crippen molar-refractivity contribution in [2.75, 3.05) is 11.9 Å². The van der Waals surface area contributed by atoms with Crippen LogP contribution in [0.3, 0.4) is 0 Å². The lowest BCUT2D eigenvalue weighted by Gasteiger charge is -2.20. The number of halogens is 3. The molecule has 462 valence electrons. The Balaban J connectivity index is 0.000000121. The molecule has 0 spiro atoms. The minimum absolute atomic E-state index is 0.0443. The van der Waals surface area contributed by atoms with Gasteiger partial charge in [-0.3, -0.25) is 38.4 Å². The second kappa shape index (κ2) is 26.2. The van der Waals surface area contributed by atoms with Crippen molar-refractivity contribution in [1.29, 1.82) is 0 Å². The van der Waals surface area contributed by atoms with Crippen LogP contribution < -0.4 is 32.3 Å². The number of ether oxygens (including phenoxy) is 1. The summed E-state index contributed by atoms with van der Waals surface area (Å²) in [4.78, 5) is 126. The number of amides is 1. The van der Waals surface area contributed by atoms with Crippen LogP contribution in [0.1, 0.15) is 117 Å². The fourth-order valence-corrected chi connectivity index (χ4v) is 12.0. The molecule has 0 saturated carbocycles. The van der Waals surface area contributed by atoms with E-state index in [9.17, 15) is 43.2 Å². The van der Waals surface area contributed by atoms with Crippen LogP contribution in [-0.2, 0) is 41.8 Å². The summed E-state index contributed by atoms with van der Waals surface area (Å²) in [5.41, 5.74) is 12.3. The number of hydrogen-bond acceptors (Lipinski definition) is 11. The Morgan fingerprint density at radius 3 is 1.40 bits per heavy atom. The lowest BCUT2D eigenvalue weighted by molar-refractivity contribution is -0.120. The number of benzene rings is 8. The molecule has 0 aliphatic heterocycles. The van der Waals surface area contributed by atoms with Crippen LogP contribution in [0, 0.1) is 0 Å². The number of pyridine rings is 4. The summed E-state index contributed by atoms with van der Waals surface area (Å²) in [6.45, 7) is 4.09. The molecular weight excluding hydrogens is 1240 g/mol. The van der Waals surface area contributed by atoms with Gasteiger partial charge in [0, 0.05) is 103 Å². The second-order valence-electron chi connectivity index (χ2n) is 22.2. The average molecular weight is 1290 g/mol. The minimum atomic E-state index is -2.05. The highest BCUT2D eigenvalue weighted by Crippen LogP contribution is 2.31. The molecule has 93 heavy (non-hydrogen) atoms. The summed E-state index contributed by atoms with van der Waals surface area (Å²) in [5.74, 6) is -1.74. The third-order valence-corrected chi connectivity index (χ3v) is 17.0. The van der Waals surface area contributed by atoms with Gasteiger partial charge in [0.2, 0.25) is 22.8 Å². The Morgan fingerprint density at radius 2 is 0.882 bits per heavy atom. The van der Waals surface area contributed by atoms with Gasteiger partial charge >= 0.3 is 5.97 Å². The summed E-state index contributed by atoms with van der Waals surface area (Å²) in [6, 6.07) is 56.7. The van der Waals surface area contributed by atoms with Gasteiger partial charge in [-0.25, -0.2) is 4.79 Å². The van der Waals surface area contributed by atoms with Crippen molar-refractivity contribution in [3.8, 4) is 0 Å². The summed E-state index contributed by atoms with van der Waals surface area (Å²) >= 11 is 16.7. The lowest BCUT2D eigenvalue weighted by atomic mass is 9.86. The van der Waals surface area contributed by atoms with Gasteiger partial charge in [0.15, 0.2) is 22.0 Å². The van der Waals surface area contributed by atoms with E-state index in [0.29, 0.717) is 119 Å². The zero-order valence-electron chi connectivity index (χ0n) is 49.9. The molecule has 0 unspecified atom stereocenters. The van der Waals surface area contributed by atoms with E-state index in [0.717, 1.165) is 34.4 Å². The molecule has 15 rings (SSSR count). The number of alkyl halides is 3. The number of rotatable bonds is 7. The van der Waals surface area contributed by atoms with Crippen molar-refractivity contribution in [3.63, 3.8) is 0 Å². The molecule has 0 fully saturated rings. The van der Waals surface area contributed by atoms with Gasteiger partial charge in [-0.1, -0.05) is 163 Å². The minimum Gasteiger partial charge on any atom is -0.461 e. The quantitative estimate of drug-likeness (QED) is 0.0647. The Bertz CT molecular complexity index is 5170. The third kappa shape index (κ3) is 12.5. The van der Waals surface area contributed by atoms with E-state index in [1.54, 1.807) is 61.5 Å². The summed E-state index contributed by atoms with van der Waals surface area (Å²) in [7, 11) is 0. The number of anilines is 2. The summed E-state index contributed by atoms with van der Waals surface area (Å²) in [6.07, 6.45) is 2.21. The molecular formula is C74H55Cl3N6O10. The number of ketones is 3.